The molecule has 7 heteroatoms. The number of piperidine rings is 1. The molecule has 0 amide bonds. The number of halogens is 4. The van der Waals surface area contributed by atoms with Gasteiger partial charge in [-0.3, -0.25) is 0 Å². The molecule has 2 atom stereocenters. The van der Waals surface area contributed by atoms with Crippen LogP contribution in [-0.4, -0.2) is 23.1 Å². The standard InChI is InChI=1S/C13H15BrF3N3/c14-7-3-11(13(15,16)17)12(19-6-7)20-9-1-2-10(20)5-8(18)4-9/h3,6,8-10H,1-2,4-5,18H2. The maximum absolute atomic E-state index is 13.2. The minimum Gasteiger partial charge on any atom is -0.350 e. The maximum Gasteiger partial charge on any atom is 0.419 e. The van der Waals surface area contributed by atoms with Crippen molar-refractivity contribution in [3.63, 3.8) is 0 Å². The molecule has 3 heterocycles. The second-order valence-electron chi connectivity index (χ2n) is 5.55. The SMILES string of the molecule is NC1CC2CCC(C1)N2c1ncc(Br)cc1C(F)(F)F. The zero-order chi connectivity index (χ0) is 14.5. The Balaban J connectivity index is 2.03. The van der Waals surface area contributed by atoms with Gasteiger partial charge in [0.1, 0.15) is 5.82 Å². The number of hydrogen-bond donors (Lipinski definition) is 1. The van der Waals surface area contributed by atoms with Crippen molar-refractivity contribution in [2.45, 2.75) is 50.0 Å². The Morgan fingerprint density at radius 1 is 1.25 bits per heavy atom. The van der Waals surface area contributed by atoms with E-state index >= 15 is 0 Å². The van der Waals surface area contributed by atoms with E-state index in [1.807, 2.05) is 4.90 Å². The van der Waals surface area contributed by atoms with Gasteiger partial charge < -0.3 is 10.6 Å². The highest BCUT2D eigenvalue weighted by Gasteiger charge is 2.44. The minimum atomic E-state index is -4.40. The van der Waals surface area contributed by atoms with E-state index in [9.17, 15) is 13.2 Å². The lowest BCUT2D eigenvalue weighted by Crippen LogP contribution is -2.48. The van der Waals surface area contributed by atoms with Crippen molar-refractivity contribution < 1.29 is 13.2 Å². The summed E-state index contributed by atoms with van der Waals surface area (Å²) in [5.74, 6) is 0.0556. The van der Waals surface area contributed by atoms with Crippen LogP contribution in [0.3, 0.4) is 0 Å². The van der Waals surface area contributed by atoms with Crippen molar-refractivity contribution in [3.8, 4) is 0 Å². The largest absolute Gasteiger partial charge is 0.419 e. The average molecular weight is 350 g/mol. The summed E-state index contributed by atoms with van der Waals surface area (Å²) in [5.41, 5.74) is 5.30. The lowest BCUT2D eigenvalue weighted by atomic mass is 9.97. The van der Waals surface area contributed by atoms with Crippen LogP contribution < -0.4 is 10.6 Å². The first-order valence-electron chi connectivity index (χ1n) is 6.63. The number of alkyl halides is 3. The zero-order valence-corrected chi connectivity index (χ0v) is 12.3. The summed E-state index contributed by atoms with van der Waals surface area (Å²) in [6.45, 7) is 0. The normalized spacial score (nSPS) is 29.9. The number of fused-ring (bicyclic) bond motifs is 2. The van der Waals surface area contributed by atoms with Crippen LogP contribution >= 0.6 is 15.9 Å². The molecule has 110 valence electrons. The second kappa shape index (κ2) is 4.87. The van der Waals surface area contributed by atoms with E-state index in [1.54, 1.807) is 0 Å². The molecular formula is C13H15BrF3N3. The van der Waals surface area contributed by atoms with Crippen LogP contribution in [0.1, 0.15) is 31.2 Å². The fraction of sp³-hybridized carbons (Fsp3) is 0.615. The molecule has 0 radical (unpaired) electrons. The fourth-order valence-corrected chi connectivity index (χ4v) is 3.74. The Bertz CT molecular complexity index is 506. The summed E-state index contributed by atoms with van der Waals surface area (Å²) in [5, 5.41) is 0. The highest BCUT2D eigenvalue weighted by molar-refractivity contribution is 9.10. The van der Waals surface area contributed by atoms with Gasteiger partial charge in [-0.1, -0.05) is 0 Å². The van der Waals surface area contributed by atoms with Gasteiger partial charge >= 0.3 is 6.18 Å². The van der Waals surface area contributed by atoms with E-state index in [1.165, 1.54) is 6.20 Å². The molecule has 2 aliphatic heterocycles. The Labute approximate surface area is 123 Å². The molecule has 2 N–H and O–H groups in total. The molecule has 0 spiro atoms. The van der Waals surface area contributed by atoms with Crippen molar-refractivity contribution in [3.05, 3.63) is 22.3 Å². The number of hydrogen-bond acceptors (Lipinski definition) is 3. The van der Waals surface area contributed by atoms with E-state index in [-0.39, 0.29) is 23.9 Å². The maximum atomic E-state index is 13.2. The minimum absolute atomic E-state index is 0.0556. The van der Waals surface area contributed by atoms with Crippen LogP contribution in [0.25, 0.3) is 0 Å². The average Bonchev–Trinajstić information content (AvgIpc) is 2.61. The van der Waals surface area contributed by atoms with Gasteiger partial charge in [0.25, 0.3) is 0 Å². The molecule has 0 aliphatic carbocycles. The van der Waals surface area contributed by atoms with E-state index in [4.69, 9.17) is 5.73 Å². The molecule has 0 aromatic carbocycles. The van der Waals surface area contributed by atoms with Gasteiger partial charge in [0.05, 0.1) is 5.56 Å². The van der Waals surface area contributed by atoms with Crippen LogP contribution in [0.2, 0.25) is 0 Å². The molecule has 3 rings (SSSR count). The van der Waals surface area contributed by atoms with Crippen LogP contribution in [0.15, 0.2) is 16.7 Å². The monoisotopic (exact) mass is 349 g/mol. The summed E-state index contributed by atoms with van der Waals surface area (Å²) in [6, 6.07) is 1.36. The Hall–Kier alpha value is -0.820. The van der Waals surface area contributed by atoms with Gasteiger partial charge in [-0.15, -0.1) is 0 Å². The molecule has 1 aromatic rings. The van der Waals surface area contributed by atoms with Crippen molar-refractivity contribution in [1.82, 2.24) is 4.98 Å². The molecule has 20 heavy (non-hydrogen) atoms. The predicted molar refractivity (Wildman–Crippen MR) is 73.4 cm³/mol. The molecule has 3 nitrogen and oxygen atoms in total. The highest BCUT2D eigenvalue weighted by Crippen LogP contribution is 2.44. The van der Waals surface area contributed by atoms with E-state index in [2.05, 4.69) is 20.9 Å². The van der Waals surface area contributed by atoms with Crippen molar-refractivity contribution in [2.75, 3.05) is 4.90 Å². The van der Waals surface area contributed by atoms with Gasteiger partial charge in [0.2, 0.25) is 0 Å². The summed E-state index contributed by atoms with van der Waals surface area (Å²) in [6.07, 6.45) is 0.307. The zero-order valence-electron chi connectivity index (χ0n) is 10.7. The Morgan fingerprint density at radius 2 is 1.85 bits per heavy atom. The molecular weight excluding hydrogens is 335 g/mol. The molecule has 2 aliphatic rings. The first-order valence-corrected chi connectivity index (χ1v) is 7.42. The van der Waals surface area contributed by atoms with E-state index < -0.39 is 11.7 Å². The van der Waals surface area contributed by atoms with E-state index in [0.29, 0.717) is 4.47 Å². The van der Waals surface area contributed by atoms with Gasteiger partial charge in [-0.05, 0) is 47.7 Å². The van der Waals surface area contributed by atoms with Crippen molar-refractivity contribution in [2.24, 2.45) is 5.73 Å². The molecule has 2 fully saturated rings. The van der Waals surface area contributed by atoms with Gasteiger partial charge in [0, 0.05) is 28.8 Å². The molecule has 2 unspecified atom stereocenters. The third-order valence-electron chi connectivity index (χ3n) is 4.15. The first kappa shape index (κ1) is 14.1. The van der Waals surface area contributed by atoms with Gasteiger partial charge in [0.15, 0.2) is 0 Å². The van der Waals surface area contributed by atoms with Crippen molar-refractivity contribution >= 4 is 21.7 Å². The van der Waals surface area contributed by atoms with Crippen molar-refractivity contribution in [1.29, 1.82) is 0 Å². The smallest absolute Gasteiger partial charge is 0.350 e. The number of rotatable bonds is 1. The molecule has 2 saturated heterocycles. The van der Waals surface area contributed by atoms with Gasteiger partial charge in [-0.2, -0.15) is 13.2 Å². The third kappa shape index (κ3) is 2.41. The number of nitrogens with zero attached hydrogens (tertiary/aromatic N) is 2. The lowest BCUT2D eigenvalue weighted by molar-refractivity contribution is -0.137. The molecule has 0 saturated carbocycles. The molecule has 2 bridgehead atoms. The van der Waals surface area contributed by atoms with Crippen LogP contribution in [-0.2, 0) is 6.18 Å². The Morgan fingerprint density at radius 3 is 2.40 bits per heavy atom. The number of nitrogens with two attached hydrogens (primary N) is 1. The third-order valence-corrected chi connectivity index (χ3v) is 4.59. The number of anilines is 1. The number of pyridine rings is 1. The summed E-state index contributed by atoms with van der Waals surface area (Å²) >= 11 is 3.07. The topological polar surface area (TPSA) is 42.1 Å². The van der Waals surface area contributed by atoms with Crippen LogP contribution in [0.4, 0.5) is 19.0 Å². The predicted octanol–water partition coefficient (Wildman–Crippen LogP) is 3.32. The highest BCUT2D eigenvalue weighted by atomic mass is 79.9. The second-order valence-corrected chi connectivity index (χ2v) is 6.46. The first-order chi connectivity index (χ1) is 9.36. The molecule has 1 aromatic heterocycles. The lowest BCUT2D eigenvalue weighted by Gasteiger charge is -2.39. The Kier molecular flexibility index (Phi) is 3.44. The fourth-order valence-electron chi connectivity index (χ4n) is 3.41. The summed E-state index contributed by atoms with van der Waals surface area (Å²) in [4.78, 5) is 5.90. The summed E-state index contributed by atoms with van der Waals surface area (Å²) in [7, 11) is 0. The van der Waals surface area contributed by atoms with Crippen LogP contribution in [0.5, 0.6) is 0 Å². The summed E-state index contributed by atoms with van der Waals surface area (Å²) < 4.78 is 40.0. The number of aromatic nitrogens is 1. The van der Waals surface area contributed by atoms with E-state index in [0.717, 1.165) is 31.7 Å². The van der Waals surface area contributed by atoms with Crippen LogP contribution in [0, 0.1) is 0 Å². The quantitative estimate of drug-likeness (QED) is 0.845. The van der Waals surface area contributed by atoms with Gasteiger partial charge in [-0.25, -0.2) is 4.98 Å².